The van der Waals surface area contributed by atoms with Crippen LogP contribution in [0.25, 0.3) is 11.4 Å². The van der Waals surface area contributed by atoms with Crippen LogP contribution in [0.2, 0.25) is 0 Å². The monoisotopic (exact) mass is 357 g/mol. The molecule has 0 aliphatic heterocycles. The number of amides is 1. The number of aromatic nitrogens is 2. The Balaban J connectivity index is 1.58. The third-order valence-corrected chi connectivity index (χ3v) is 4.31. The highest BCUT2D eigenvalue weighted by molar-refractivity contribution is 7.98. The average molecular weight is 357 g/mol. The van der Waals surface area contributed by atoms with Gasteiger partial charge < -0.3 is 9.84 Å². The van der Waals surface area contributed by atoms with Crippen LogP contribution in [0.3, 0.4) is 0 Å². The van der Waals surface area contributed by atoms with Gasteiger partial charge in [-0.3, -0.25) is 4.79 Å². The average Bonchev–Trinajstić information content (AvgIpc) is 3.10. The Morgan fingerprint density at radius 1 is 1.20 bits per heavy atom. The van der Waals surface area contributed by atoms with Gasteiger partial charge in [-0.2, -0.15) is 4.98 Å². The molecule has 0 atom stereocenters. The number of para-hydroxylation sites is 1. The van der Waals surface area contributed by atoms with Gasteiger partial charge in [0.15, 0.2) is 0 Å². The molecule has 1 heterocycles. The Morgan fingerprint density at radius 2 is 1.96 bits per heavy atom. The normalized spacial score (nSPS) is 10.6. The van der Waals surface area contributed by atoms with E-state index < -0.39 is 0 Å². The predicted molar refractivity (Wildman–Crippen MR) is 94.9 cm³/mol. The highest BCUT2D eigenvalue weighted by Gasteiger charge is 2.12. The summed E-state index contributed by atoms with van der Waals surface area (Å²) in [5, 5.41) is 6.75. The minimum Gasteiger partial charge on any atom is -0.339 e. The van der Waals surface area contributed by atoms with E-state index in [4.69, 9.17) is 4.52 Å². The van der Waals surface area contributed by atoms with E-state index in [9.17, 15) is 9.18 Å². The van der Waals surface area contributed by atoms with Crippen LogP contribution in [-0.4, -0.2) is 22.3 Å². The second-order valence-corrected chi connectivity index (χ2v) is 6.12. The Hall–Kier alpha value is -2.67. The fourth-order valence-electron chi connectivity index (χ4n) is 2.25. The van der Waals surface area contributed by atoms with Crippen LogP contribution in [-0.2, 0) is 11.2 Å². The molecular weight excluding hydrogens is 341 g/mol. The molecule has 128 valence electrons. The van der Waals surface area contributed by atoms with Crippen LogP contribution in [0.5, 0.6) is 0 Å². The summed E-state index contributed by atoms with van der Waals surface area (Å²) in [5.41, 5.74) is 1.45. The van der Waals surface area contributed by atoms with Gasteiger partial charge in [-0.05, 0) is 42.7 Å². The molecule has 2 aromatic carbocycles. The largest absolute Gasteiger partial charge is 0.339 e. The summed E-state index contributed by atoms with van der Waals surface area (Å²) in [6, 6.07) is 13.4. The molecule has 1 aromatic heterocycles. The first-order valence-electron chi connectivity index (χ1n) is 7.67. The number of aryl methyl sites for hydroxylation is 1. The first-order chi connectivity index (χ1) is 12.2. The van der Waals surface area contributed by atoms with Crippen molar-refractivity contribution < 1.29 is 13.7 Å². The summed E-state index contributed by atoms with van der Waals surface area (Å²) in [6.45, 7) is 0. The highest BCUT2D eigenvalue weighted by atomic mass is 32.2. The summed E-state index contributed by atoms with van der Waals surface area (Å²) in [5.74, 6) is 0.299. The number of hydrogen-bond acceptors (Lipinski definition) is 5. The van der Waals surface area contributed by atoms with E-state index in [2.05, 4.69) is 15.5 Å². The Labute approximate surface area is 148 Å². The third-order valence-electron chi connectivity index (χ3n) is 3.52. The number of nitrogens with one attached hydrogen (secondary N) is 1. The van der Waals surface area contributed by atoms with Gasteiger partial charge in [0.05, 0.1) is 5.69 Å². The lowest BCUT2D eigenvalue weighted by Gasteiger charge is -2.08. The van der Waals surface area contributed by atoms with E-state index in [-0.39, 0.29) is 18.1 Å². The fourth-order valence-corrected chi connectivity index (χ4v) is 2.81. The molecule has 0 fully saturated rings. The fraction of sp³-hybridized carbons (Fsp3) is 0.167. The van der Waals surface area contributed by atoms with Crippen LogP contribution in [0.4, 0.5) is 10.1 Å². The molecular formula is C18H16FN3O2S. The number of benzene rings is 2. The van der Waals surface area contributed by atoms with E-state index >= 15 is 0 Å². The minimum absolute atomic E-state index is 0.122. The first kappa shape index (κ1) is 17.2. The van der Waals surface area contributed by atoms with Gasteiger partial charge >= 0.3 is 0 Å². The van der Waals surface area contributed by atoms with Crippen molar-refractivity contribution in [3.05, 3.63) is 60.2 Å². The maximum absolute atomic E-state index is 12.9. The predicted octanol–water partition coefficient (Wildman–Crippen LogP) is 4.17. The Morgan fingerprint density at radius 3 is 2.72 bits per heavy atom. The summed E-state index contributed by atoms with van der Waals surface area (Å²) < 4.78 is 18.1. The Bertz CT molecular complexity index is 865. The van der Waals surface area contributed by atoms with E-state index in [1.165, 1.54) is 12.1 Å². The van der Waals surface area contributed by atoms with Crippen LogP contribution >= 0.6 is 11.8 Å². The van der Waals surface area contributed by atoms with Crippen molar-refractivity contribution in [1.29, 1.82) is 0 Å². The molecule has 0 aliphatic carbocycles. The quantitative estimate of drug-likeness (QED) is 0.671. The topological polar surface area (TPSA) is 68.0 Å². The van der Waals surface area contributed by atoms with Crippen molar-refractivity contribution in [1.82, 2.24) is 10.1 Å². The lowest BCUT2D eigenvalue weighted by atomic mass is 10.2. The Kier molecular flexibility index (Phi) is 5.45. The molecule has 25 heavy (non-hydrogen) atoms. The molecule has 0 spiro atoms. The number of anilines is 1. The lowest BCUT2D eigenvalue weighted by Crippen LogP contribution is -2.13. The number of nitrogens with zero attached hydrogens (tertiary/aromatic N) is 2. The van der Waals surface area contributed by atoms with E-state index in [0.717, 1.165) is 10.6 Å². The van der Waals surface area contributed by atoms with Crippen LogP contribution < -0.4 is 5.32 Å². The molecule has 3 aromatic rings. The zero-order valence-corrected chi connectivity index (χ0v) is 14.3. The van der Waals surface area contributed by atoms with Gasteiger partial charge in [0.25, 0.3) is 0 Å². The van der Waals surface area contributed by atoms with Gasteiger partial charge in [-0.25, -0.2) is 4.39 Å². The first-order valence-corrected chi connectivity index (χ1v) is 8.89. The zero-order valence-electron chi connectivity index (χ0n) is 13.5. The number of carbonyl (C=O) groups excluding carboxylic acids is 1. The molecule has 0 saturated carbocycles. The third kappa shape index (κ3) is 4.45. The molecule has 1 N–H and O–H groups in total. The highest BCUT2D eigenvalue weighted by Crippen LogP contribution is 2.24. The maximum atomic E-state index is 12.9. The molecule has 0 unspecified atom stereocenters. The van der Waals surface area contributed by atoms with Gasteiger partial charge in [-0.15, -0.1) is 11.8 Å². The van der Waals surface area contributed by atoms with Gasteiger partial charge in [0.1, 0.15) is 5.82 Å². The van der Waals surface area contributed by atoms with Gasteiger partial charge in [0, 0.05) is 23.3 Å². The number of halogens is 1. The van der Waals surface area contributed by atoms with E-state index in [1.54, 1.807) is 23.9 Å². The van der Waals surface area contributed by atoms with Crippen molar-refractivity contribution in [2.45, 2.75) is 17.7 Å². The molecule has 1 amide bonds. The second-order valence-electron chi connectivity index (χ2n) is 5.27. The van der Waals surface area contributed by atoms with Gasteiger partial charge in [0.2, 0.25) is 17.6 Å². The zero-order chi connectivity index (χ0) is 17.6. The van der Waals surface area contributed by atoms with Crippen LogP contribution in [0.1, 0.15) is 12.3 Å². The summed E-state index contributed by atoms with van der Waals surface area (Å²) in [4.78, 5) is 17.4. The van der Waals surface area contributed by atoms with Gasteiger partial charge in [-0.1, -0.05) is 17.3 Å². The minimum atomic E-state index is -0.324. The molecule has 0 bridgehead atoms. The number of rotatable bonds is 6. The summed E-state index contributed by atoms with van der Waals surface area (Å²) in [7, 11) is 0. The molecule has 0 radical (unpaired) electrons. The molecule has 0 aliphatic rings. The van der Waals surface area contributed by atoms with E-state index in [0.29, 0.717) is 23.7 Å². The standard InChI is InChI=1S/C18H16FN3O2S/c1-25-15-5-3-2-4-14(15)20-16(23)10-11-17-21-18(22-24-17)12-6-8-13(19)9-7-12/h2-9H,10-11H2,1H3,(H,20,23). The molecule has 0 saturated heterocycles. The maximum Gasteiger partial charge on any atom is 0.227 e. The summed E-state index contributed by atoms with van der Waals surface area (Å²) in [6.07, 6.45) is 2.52. The smallest absolute Gasteiger partial charge is 0.227 e. The molecule has 7 heteroatoms. The number of thioether (sulfide) groups is 1. The van der Waals surface area contributed by atoms with Crippen molar-refractivity contribution in [3.8, 4) is 11.4 Å². The van der Waals surface area contributed by atoms with E-state index in [1.807, 2.05) is 30.5 Å². The van der Waals surface area contributed by atoms with Crippen molar-refractivity contribution in [3.63, 3.8) is 0 Å². The SMILES string of the molecule is CSc1ccccc1NC(=O)CCc1nc(-c2ccc(F)cc2)no1. The molecule has 5 nitrogen and oxygen atoms in total. The lowest BCUT2D eigenvalue weighted by molar-refractivity contribution is -0.116. The van der Waals surface area contributed by atoms with Crippen molar-refractivity contribution in [2.75, 3.05) is 11.6 Å². The number of carbonyl (C=O) groups is 1. The van der Waals surface area contributed by atoms with Crippen LogP contribution in [0, 0.1) is 5.82 Å². The summed E-state index contributed by atoms with van der Waals surface area (Å²) >= 11 is 1.57. The number of hydrogen-bond donors (Lipinski definition) is 1. The van der Waals surface area contributed by atoms with Crippen molar-refractivity contribution in [2.24, 2.45) is 0 Å². The molecule has 3 rings (SSSR count). The van der Waals surface area contributed by atoms with Crippen molar-refractivity contribution >= 4 is 23.4 Å². The van der Waals surface area contributed by atoms with Crippen LogP contribution in [0.15, 0.2) is 57.9 Å². The second kappa shape index (κ2) is 7.94.